The molecule has 0 spiro atoms. The number of nitrogens with zero attached hydrogens (tertiary/aromatic N) is 2. The van der Waals surface area contributed by atoms with Gasteiger partial charge in [0.1, 0.15) is 0 Å². The number of amides is 3. The van der Waals surface area contributed by atoms with Crippen LogP contribution in [0.3, 0.4) is 0 Å². The van der Waals surface area contributed by atoms with Gasteiger partial charge in [0.25, 0.3) is 11.6 Å². The lowest BCUT2D eigenvalue weighted by atomic mass is 10.2. The lowest BCUT2D eigenvalue weighted by Gasteiger charge is -2.12. The van der Waals surface area contributed by atoms with E-state index < -0.39 is 28.7 Å². The Bertz CT molecular complexity index is 1120. The van der Waals surface area contributed by atoms with Crippen molar-refractivity contribution in [2.45, 2.75) is 23.5 Å². The second-order valence-electron chi connectivity index (χ2n) is 6.98. The van der Waals surface area contributed by atoms with E-state index in [-0.39, 0.29) is 29.5 Å². The maximum Gasteiger partial charge on any atom is 0.339 e. The third-order valence-corrected chi connectivity index (χ3v) is 6.01. The van der Waals surface area contributed by atoms with Crippen molar-refractivity contribution in [3.8, 4) is 0 Å². The topological polar surface area (TPSA) is 136 Å². The molecule has 1 aliphatic rings. The number of hydrogen-bond acceptors (Lipinski definition) is 8. The van der Waals surface area contributed by atoms with Crippen LogP contribution in [0.25, 0.3) is 0 Å². The number of anilines is 1. The van der Waals surface area contributed by atoms with Crippen molar-refractivity contribution in [1.82, 2.24) is 4.90 Å². The molecule has 0 aliphatic carbocycles. The standard InChI is InChI=1S/C21H19N3O7S/c1-12-9-13(24(29)30)7-8-15(12)22-18(25)11-31-21(28)14-5-3-4-6-16(14)32-17-10-19(26)23(2)20(17)27/h3-9,17H,10-11H2,1-2H3,(H,22,25). The maximum absolute atomic E-state index is 12.5. The summed E-state index contributed by atoms with van der Waals surface area (Å²) in [5.41, 5.74) is 0.920. The highest BCUT2D eigenvalue weighted by atomic mass is 32.2. The average Bonchev–Trinajstić information content (AvgIpc) is 3.00. The number of rotatable bonds is 7. The van der Waals surface area contributed by atoms with Crippen molar-refractivity contribution in [3.63, 3.8) is 0 Å². The van der Waals surface area contributed by atoms with Gasteiger partial charge in [0, 0.05) is 36.2 Å². The summed E-state index contributed by atoms with van der Waals surface area (Å²) in [6.07, 6.45) is 0.0420. The van der Waals surface area contributed by atoms with Gasteiger partial charge in [0.15, 0.2) is 6.61 Å². The van der Waals surface area contributed by atoms with Gasteiger partial charge in [-0.3, -0.25) is 29.4 Å². The van der Waals surface area contributed by atoms with E-state index in [1.54, 1.807) is 25.1 Å². The Hall–Kier alpha value is -3.73. The first kappa shape index (κ1) is 22.9. The molecule has 2 aromatic rings. The zero-order valence-corrected chi connectivity index (χ0v) is 18.0. The molecule has 3 rings (SSSR count). The zero-order valence-electron chi connectivity index (χ0n) is 17.2. The first-order chi connectivity index (χ1) is 15.2. The van der Waals surface area contributed by atoms with Crippen LogP contribution < -0.4 is 5.32 Å². The number of non-ortho nitro benzene ring substituents is 1. The molecule has 1 unspecified atom stereocenters. The molecule has 3 amide bonds. The number of ether oxygens (including phenoxy) is 1. The number of aryl methyl sites for hydroxylation is 1. The van der Waals surface area contributed by atoms with Crippen LogP contribution in [0.1, 0.15) is 22.3 Å². The summed E-state index contributed by atoms with van der Waals surface area (Å²) in [7, 11) is 1.41. The second-order valence-corrected chi connectivity index (χ2v) is 8.22. The molecule has 1 heterocycles. The number of nitro benzene ring substituents is 1. The number of hydrogen-bond donors (Lipinski definition) is 1. The van der Waals surface area contributed by atoms with Crippen molar-refractivity contribution in [1.29, 1.82) is 0 Å². The Kier molecular flexibility index (Phi) is 6.89. The summed E-state index contributed by atoms with van der Waals surface area (Å²) in [4.78, 5) is 60.4. The summed E-state index contributed by atoms with van der Waals surface area (Å²) < 4.78 is 5.10. The Morgan fingerprint density at radius 2 is 1.97 bits per heavy atom. The number of esters is 1. The number of likely N-dealkylation sites (tertiary alicyclic amines) is 1. The molecule has 2 aromatic carbocycles. The van der Waals surface area contributed by atoms with E-state index in [2.05, 4.69) is 5.32 Å². The Balaban J connectivity index is 1.62. The molecule has 1 N–H and O–H groups in total. The lowest BCUT2D eigenvalue weighted by molar-refractivity contribution is -0.384. The molecule has 1 atom stereocenters. The molecular weight excluding hydrogens is 438 g/mol. The molecule has 1 fully saturated rings. The van der Waals surface area contributed by atoms with E-state index >= 15 is 0 Å². The number of nitro groups is 1. The summed E-state index contributed by atoms with van der Waals surface area (Å²) in [5.74, 6) is -1.99. The summed E-state index contributed by atoms with van der Waals surface area (Å²) in [5, 5.41) is 12.7. The fourth-order valence-electron chi connectivity index (χ4n) is 3.00. The third-order valence-electron chi connectivity index (χ3n) is 4.75. The van der Waals surface area contributed by atoms with Crippen molar-refractivity contribution in [2.24, 2.45) is 0 Å². The van der Waals surface area contributed by atoms with Gasteiger partial charge in [-0.05, 0) is 30.7 Å². The molecule has 166 valence electrons. The van der Waals surface area contributed by atoms with E-state index in [1.165, 1.54) is 31.3 Å². The molecule has 11 heteroatoms. The van der Waals surface area contributed by atoms with Gasteiger partial charge in [-0.2, -0.15) is 0 Å². The molecule has 1 saturated heterocycles. The van der Waals surface area contributed by atoms with Gasteiger partial charge < -0.3 is 10.1 Å². The monoisotopic (exact) mass is 457 g/mol. The summed E-state index contributed by atoms with van der Waals surface area (Å²) in [6.45, 7) is 1.03. The van der Waals surface area contributed by atoms with Gasteiger partial charge in [0.05, 0.1) is 15.7 Å². The zero-order chi connectivity index (χ0) is 23.4. The molecule has 1 aliphatic heterocycles. The fraction of sp³-hybridized carbons (Fsp3) is 0.238. The van der Waals surface area contributed by atoms with E-state index in [0.29, 0.717) is 16.1 Å². The van der Waals surface area contributed by atoms with Crippen LogP contribution >= 0.6 is 11.8 Å². The van der Waals surface area contributed by atoms with Crippen LogP contribution in [0.15, 0.2) is 47.4 Å². The maximum atomic E-state index is 12.5. The van der Waals surface area contributed by atoms with Gasteiger partial charge >= 0.3 is 5.97 Å². The van der Waals surface area contributed by atoms with Crippen molar-refractivity contribution in [2.75, 3.05) is 19.0 Å². The van der Waals surface area contributed by atoms with Gasteiger partial charge in [-0.1, -0.05) is 12.1 Å². The van der Waals surface area contributed by atoms with E-state index in [0.717, 1.165) is 16.7 Å². The molecule has 0 saturated carbocycles. The molecule has 0 radical (unpaired) electrons. The van der Waals surface area contributed by atoms with Gasteiger partial charge in [-0.15, -0.1) is 11.8 Å². The van der Waals surface area contributed by atoms with E-state index in [1.807, 2.05) is 0 Å². The van der Waals surface area contributed by atoms with Crippen LogP contribution in [0.5, 0.6) is 0 Å². The third kappa shape index (κ3) is 5.11. The van der Waals surface area contributed by atoms with Crippen LogP contribution in [0, 0.1) is 17.0 Å². The van der Waals surface area contributed by atoms with Crippen molar-refractivity contribution in [3.05, 3.63) is 63.7 Å². The van der Waals surface area contributed by atoms with Crippen LogP contribution in [0.4, 0.5) is 11.4 Å². The smallest absolute Gasteiger partial charge is 0.339 e. The van der Waals surface area contributed by atoms with E-state index in [9.17, 15) is 29.3 Å². The van der Waals surface area contributed by atoms with Crippen LogP contribution in [-0.2, 0) is 19.1 Å². The molecule has 10 nitrogen and oxygen atoms in total. The normalized spacial score (nSPS) is 15.6. The van der Waals surface area contributed by atoms with Crippen LogP contribution in [0.2, 0.25) is 0 Å². The quantitative estimate of drug-likeness (QED) is 0.290. The second kappa shape index (κ2) is 9.60. The fourth-order valence-corrected chi connectivity index (χ4v) is 4.23. The molecular formula is C21H19N3O7S. The average molecular weight is 457 g/mol. The molecule has 0 aromatic heterocycles. The minimum Gasteiger partial charge on any atom is -0.452 e. The first-order valence-electron chi connectivity index (χ1n) is 9.45. The summed E-state index contributed by atoms with van der Waals surface area (Å²) in [6, 6.07) is 10.4. The first-order valence-corrected chi connectivity index (χ1v) is 10.3. The summed E-state index contributed by atoms with van der Waals surface area (Å²) >= 11 is 1.10. The number of thioether (sulfide) groups is 1. The van der Waals surface area contributed by atoms with E-state index in [4.69, 9.17) is 4.74 Å². The van der Waals surface area contributed by atoms with Gasteiger partial charge in [-0.25, -0.2) is 4.79 Å². The van der Waals surface area contributed by atoms with Crippen LogP contribution in [-0.4, -0.2) is 52.4 Å². The number of benzene rings is 2. The molecule has 32 heavy (non-hydrogen) atoms. The highest BCUT2D eigenvalue weighted by molar-refractivity contribution is 8.00. The number of imide groups is 1. The Morgan fingerprint density at radius 3 is 2.59 bits per heavy atom. The number of nitrogens with one attached hydrogen (secondary N) is 1. The minimum absolute atomic E-state index is 0.0420. The van der Waals surface area contributed by atoms with Crippen molar-refractivity contribution >= 4 is 46.8 Å². The van der Waals surface area contributed by atoms with Gasteiger partial charge in [0.2, 0.25) is 11.8 Å². The predicted molar refractivity (Wildman–Crippen MR) is 115 cm³/mol. The highest BCUT2D eigenvalue weighted by Gasteiger charge is 2.37. The predicted octanol–water partition coefficient (Wildman–Crippen LogP) is 2.55. The Labute approximate surface area is 187 Å². The lowest BCUT2D eigenvalue weighted by Crippen LogP contribution is -2.26. The molecule has 0 bridgehead atoms. The number of carbonyl (C=O) groups is 4. The highest BCUT2D eigenvalue weighted by Crippen LogP contribution is 2.33. The largest absolute Gasteiger partial charge is 0.452 e. The van der Waals surface area contributed by atoms with Crippen molar-refractivity contribution < 1.29 is 28.8 Å². The number of carbonyl (C=O) groups excluding carboxylic acids is 4. The SMILES string of the molecule is Cc1cc([N+](=O)[O-])ccc1NC(=O)COC(=O)c1ccccc1SC1CC(=O)N(C)C1=O. The Morgan fingerprint density at radius 1 is 1.25 bits per heavy atom. The minimum atomic E-state index is -0.756.